The third-order valence-corrected chi connectivity index (χ3v) is 3.71. The first kappa shape index (κ1) is 14.9. The van der Waals surface area contributed by atoms with Gasteiger partial charge in [0.2, 0.25) is 0 Å². The van der Waals surface area contributed by atoms with Crippen LogP contribution in [-0.2, 0) is 9.53 Å². The van der Waals surface area contributed by atoms with E-state index in [1.165, 1.54) is 5.69 Å². The molecule has 4 heteroatoms. The van der Waals surface area contributed by atoms with Crippen molar-refractivity contribution < 1.29 is 9.53 Å². The molecule has 1 heterocycles. The van der Waals surface area contributed by atoms with Gasteiger partial charge in [-0.15, -0.1) is 0 Å². The second-order valence-corrected chi connectivity index (χ2v) is 5.28. The Labute approximate surface area is 121 Å². The Hall–Kier alpha value is -1.55. The van der Waals surface area contributed by atoms with Crippen LogP contribution in [0.2, 0.25) is 0 Å². The molecule has 1 atom stereocenters. The van der Waals surface area contributed by atoms with Crippen LogP contribution in [0.5, 0.6) is 0 Å². The first-order chi connectivity index (χ1) is 9.70. The van der Waals surface area contributed by atoms with Crippen molar-refractivity contribution in [1.29, 1.82) is 0 Å². The van der Waals surface area contributed by atoms with E-state index in [0.717, 1.165) is 32.7 Å². The number of carbonyl (C=O) groups excluding carboxylic acids is 1. The van der Waals surface area contributed by atoms with Gasteiger partial charge in [0.05, 0.1) is 12.5 Å². The number of ether oxygens (including phenoxy) is 1. The van der Waals surface area contributed by atoms with E-state index < -0.39 is 0 Å². The number of hydrogen-bond donors (Lipinski definition) is 0. The fourth-order valence-electron chi connectivity index (χ4n) is 2.57. The summed E-state index contributed by atoms with van der Waals surface area (Å²) >= 11 is 0. The lowest BCUT2D eigenvalue weighted by Crippen LogP contribution is -2.48. The number of piperazine rings is 1. The zero-order valence-corrected chi connectivity index (χ0v) is 12.4. The lowest BCUT2D eigenvalue weighted by atomic mass is 10.1. The highest BCUT2D eigenvalue weighted by Crippen LogP contribution is 2.16. The van der Waals surface area contributed by atoms with E-state index in [1.54, 1.807) is 0 Å². The van der Waals surface area contributed by atoms with Crippen LogP contribution in [-0.4, -0.2) is 50.2 Å². The van der Waals surface area contributed by atoms with Crippen molar-refractivity contribution in [2.45, 2.75) is 13.8 Å². The summed E-state index contributed by atoms with van der Waals surface area (Å²) in [6.07, 6.45) is 0. The summed E-state index contributed by atoms with van der Waals surface area (Å²) in [5.74, 6) is -0.129. The molecule has 1 aliphatic rings. The van der Waals surface area contributed by atoms with Gasteiger partial charge in [-0.25, -0.2) is 0 Å². The maximum atomic E-state index is 11.6. The summed E-state index contributed by atoms with van der Waals surface area (Å²) < 4.78 is 5.06. The van der Waals surface area contributed by atoms with E-state index in [4.69, 9.17) is 4.74 Å². The van der Waals surface area contributed by atoms with Crippen molar-refractivity contribution in [3.8, 4) is 0 Å². The van der Waals surface area contributed by atoms with Gasteiger partial charge < -0.3 is 9.64 Å². The molecule has 4 nitrogen and oxygen atoms in total. The van der Waals surface area contributed by atoms with Crippen LogP contribution in [0.25, 0.3) is 0 Å². The van der Waals surface area contributed by atoms with Crippen molar-refractivity contribution in [2.24, 2.45) is 5.92 Å². The quantitative estimate of drug-likeness (QED) is 0.770. The molecule has 110 valence electrons. The smallest absolute Gasteiger partial charge is 0.309 e. The highest BCUT2D eigenvalue weighted by atomic mass is 16.5. The third-order valence-electron chi connectivity index (χ3n) is 3.71. The van der Waals surface area contributed by atoms with Crippen molar-refractivity contribution in [1.82, 2.24) is 4.90 Å². The molecule has 0 aliphatic carbocycles. The maximum absolute atomic E-state index is 11.6. The maximum Gasteiger partial charge on any atom is 0.309 e. The van der Waals surface area contributed by atoms with Gasteiger partial charge in [-0.2, -0.15) is 0 Å². The number of benzene rings is 1. The molecular weight excluding hydrogens is 252 g/mol. The Bertz CT molecular complexity index is 414. The second kappa shape index (κ2) is 7.29. The molecule has 1 fully saturated rings. The topological polar surface area (TPSA) is 32.8 Å². The summed E-state index contributed by atoms with van der Waals surface area (Å²) in [5.41, 5.74) is 1.28. The molecule has 1 aliphatic heterocycles. The van der Waals surface area contributed by atoms with Gasteiger partial charge in [-0.05, 0) is 19.1 Å². The zero-order chi connectivity index (χ0) is 14.4. The van der Waals surface area contributed by atoms with Gasteiger partial charge in [0.25, 0.3) is 0 Å². The van der Waals surface area contributed by atoms with E-state index in [0.29, 0.717) is 6.61 Å². The predicted octanol–water partition coefficient (Wildman–Crippen LogP) is 2.01. The predicted molar refractivity (Wildman–Crippen MR) is 80.9 cm³/mol. The van der Waals surface area contributed by atoms with Crippen LogP contribution in [0.1, 0.15) is 13.8 Å². The number of esters is 1. The monoisotopic (exact) mass is 276 g/mol. The zero-order valence-electron chi connectivity index (χ0n) is 12.4. The molecule has 1 aromatic carbocycles. The Morgan fingerprint density at radius 2 is 1.85 bits per heavy atom. The number of hydrogen-bond acceptors (Lipinski definition) is 4. The standard InChI is InChI=1S/C16H24N2O2/c1-3-20-16(19)14(2)13-17-9-11-18(12-10-17)15-7-5-4-6-8-15/h4-8,14H,3,9-13H2,1-2H3. The van der Waals surface area contributed by atoms with Crippen molar-refractivity contribution in [2.75, 3.05) is 44.2 Å². The molecule has 0 aromatic heterocycles. The van der Waals surface area contributed by atoms with Gasteiger partial charge in [0.1, 0.15) is 0 Å². The fraction of sp³-hybridized carbons (Fsp3) is 0.562. The highest BCUT2D eigenvalue weighted by Gasteiger charge is 2.22. The summed E-state index contributed by atoms with van der Waals surface area (Å²) in [7, 11) is 0. The molecule has 0 N–H and O–H groups in total. The average molecular weight is 276 g/mol. The second-order valence-electron chi connectivity index (χ2n) is 5.28. The van der Waals surface area contributed by atoms with Crippen molar-refractivity contribution >= 4 is 11.7 Å². The molecular formula is C16H24N2O2. The first-order valence-electron chi connectivity index (χ1n) is 7.39. The highest BCUT2D eigenvalue weighted by molar-refractivity contribution is 5.72. The van der Waals surface area contributed by atoms with E-state index in [2.05, 4.69) is 34.1 Å². The molecule has 0 amide bonds. The average Bonchev–Trinajstić information content (AvgIpc) is 2.49. The Kier molecular flexibility index (Phi) is 5.41. The Morgan fingerprint density at radius 3 is 2.45 bits per heavy atom. The molecule has 2 rings (SSSR count). The van der Waals surface area contributed by atoms with Crippen LogP contribution >= 0.6 is 0 Å². The van der Waals surface area contributed by atoms with Gasteiger partial charge in [-0.1, -0.05) is 25.1 Å². The minimum Gasteiger partial charge on any atom is -0.466 e. The molecule has 0 bridgehead atoms. The van der Waals surface area contributed by atoms with E-state index in [9.17, 15) is 4.79 Å². The molecule has 0 spiro atoms. The van der Waals surface area contributed by atoms with E-state index >= 15 is 0 Å². The van der Waals surface area contributed by atoms with Crippen LogP contribution in [0, 0.1) is 5.92 Å². The summed E-state index contributed by atoms with van der Waals surface area (Å²) in [6, 6.07) is 10.5. The van der Waals surface area contributed by atoms with Crippen LogP contribution < -0.4 is 4.90 Å². The van der Waals surface area contributed by atoms with Crippen LogP contribution in [0.4, 0.5) is 5.69 Å². The summed E-state index contributed by atoms with van der Waals surface area (Å²) in [5, 5.41) is 0. The summed E-state index contributed by atoms with van der Waals surface area (Å²) in [6.45, 7) is 9.08. The molecule has 20 heavy (non-hydrogen) atoms. The third kappa shape index (κ3) is 3.97. The lowest BCUT2D eigenvalue weighted by molar-refractivity contribution is -0.148. The van der Waals surface area contributed by atoms with Gasteiger partial charge in [0.15, 0.2) is 0 Å². The molecule has 1 unspecified atom stereocenters. The minimum absolute atomic E-state index is 0.0433. The molecule has 1 aromatic rings. The number of nitrogens with zero attached hydrogens (tertiary/aromatic N) is 2. The number of anilines is 1. The largest absolute Gasteiger partial charge is 0.466 e. The number of rotatable bonds is 5. The van der Waals surface area contributed by atoms with Gasteiger partial charge in [-0.3, -0.25) is 9.69 Å². The normalized spacial score (nSPS) is 17.8. The molecule has 0 radical (unpaired) electrons. The van der Waals surface area contributed by atoms with E-state index in [1.807, 2.05) is 19.9 Å². The molecule has 0 saturated carbocycles. The van der Waals surface area contributed by atoms with Crippen molar-refractivity contribution in [3.63, 3.8) is 0 Å². The lowest BCUT2D eigenvalue weighted by Gasteiger charge is -2.36. The van der Waals surface area contributed by atoms with Crippen LogP contribution in [0.3, 0.4) is 0 Å². The van der Waals surface area contributed by atoms with Crippen molar-refractivity contribution in [3.05, 3.63) is 30.3 Å². The summed E-state index contributed by atoms with van der Waals surface area (Å²) in [4.78, 5) is 16.4. The van der Waals surface area contributed by atoms with E-state index in [-0.39, 0.29) is 11.9 Å². The first-order valence-corrected chi connectivity index (χ1v) is 7.39. The SMILES string of the molecule is CCOC(=O)C(C)CN1CCN(c2ccccc2)CC1. The fourth-order valence-corrected chi connectivity index (χ4v) is 2.57. The Balaban J connectivity index is 1.78. The number of carbonyl (C=O) groups is 1. The minimum atomic E-state index is -0.0852. The molecule has 1 saturated heterocycles. The van der Waals surface area contributed by atoms with Gasteiger partial charge >= 0.3 is 5.97 Å². The Morgan fingerprint density at radius 1 is 1.20 bits per heavy atom. The number of para-hydroxylation sites is 1. The van der Waals surface area contributed by atoms with Gasteiger partial charge in [0, 0.05) is 38.4 Å². The van der Waals surface area contributed by atoms with Crippen LogP contribution in [0.15, 0.2) is 30.3 Å².